The Morgan fingerprint density at radius 1 is 1.30 bits per heavy atom. The van der Waals surface area contributed by atoms with Crippen molar-refractivity contribution in [1.29, 1.82) is 0 Å². The van der Waals surface area contributed by atoms with E-state index in [2.05, 4.69) is 4.98 Å². The standard InChI is InChI=1S/C17H24N4O2/c18-10-16(23)20-9-3-6-17(12-20)7-5-15(22)21(13-17)11-14-4-1-2-8-19-14/h1-2,4,8H,3,5-7,9-13,18H2/t17-/m1/s1. The molecule has 0 aliphatic carbocycles. The van der Waals surface area contributed by atoms with Crippen molar-refractivity contribution in [3.8, 4) is 0 Å². The maximum Gasteiger partial charge on any atom is 0.236 e. The van der Waals surface area contributed by atoms with E-state index in [1.54, 1.807) is 6.20 Å². The lowest BCUT2D eigenvalue weighted by molar-refractivity contribution is -0.143. The highest BCUT2D eigenvalue weighted by molar-refractivity contribution is 5.79. The van der Waals surface area contributed by atoms with Crippen LogP contribution in [0.2, 0.25) is 0 Å². The van der Waals surface area contributed by atoms with Crippen LogP contribution in [0.25, 0.3) is 0 Å². The summed E-state index contributed by atoms with van der Waals surface area (Å²) in [6.07, 6.45) is 5.21. The summed E-state index contributed by atoms with van der Waals surface area (Å²) in [6, 6.07) is 5.76. The van der Waals surface area contributed by atoms with E-state index in [0.717, 1.165) is 38.0 Å². The molecule has 0 aromatic carbocycles. The molecule has 0 bridgehead atoms. The van der Waals surface area contributed by atoms with Gasteiger partial charge in [0.05, 0.1) is 18.8 Å². The van der Waals surface area contributed by atoms with Crippen LogP contribution in [-0.4, -0.2) is 52.8 Å². The SMILES string of the molecule is NCC(=O)N1CCC[C@@]2(CCC(=O)N(Cc3ccccn3)C2)C1. The lowest BCUT2D eigenvalue weighted by atomic mass is 9.73. The molecule has 1 spiro atoms. The molecule has 6 heteroatoms. The minimum Gasteiger partial charge on any atom is -0.341 e. The average Bonchev–Trinajstić information content (AvgIpc) is 2.59. The lowest BCUT2D eigenvalue weighted by Gasteiger charge is -2.48. The molecule has 0 unspecified atom stereocenters. The molecule has 2 aliphatic rings. The quantitative estimate of drug-likeness (QED) is 0.893. The van der Waals surface area contributed by atoms with Gasteiger partial charge in [-0.25, -0.2) is 0 Å². The zero-order chi connectivity index (χ0) is 16.3. The van der Waals surface area contributed by atoms with Crippen molar-refractivity contribution in [2.24, 2.45) is 11.1 Å². The summed E-state index contributed by atoms with van der Waals surface area (Å²) < 4.78 is 0. The zero-order valence-corrected chi connectivity index (χ0v) is 13.4. The molecule has 6 nitrogen and oxygen atoms in total. The molecule has 124 valence electrons. The maximum absolute atomic E-state index is 12.3. The Morgan fingerprint density at radius 3 is 2.91 bits per heavy atom. The number of aromatic nitrogens is 1. The molecule has 3 rings (SSSR count). The number of amides is 2. The average molecular weight is 316 g/mol. The number of hydrogen-bond acceptors (Lipinski definition) is 4. The number of likely N-dealkylation sites (tertiary alicyclic amines) is 2. The predicted octanol–water partition coefficient (Wildman–Crippen LogP) is 0.772. The summed E-state index contributed by atoms with van der Waals surface area (Å²) in [5.74, 6) is 0.195. The molecular formula is C17H24N4O2. The van der Waals surface area contributed by atoms with Crippen LogP contribution < -0.4 is 5.73 Å². The van der Waals surface area contributed by atoms with E-state index in [9.17, 15) is 9.59 Å². The van der Waals surface area contributed by atoms with Crippen molar-refractivity contribution < 1.29 is 9.59 Å². The zero-order valence-electron chi connectivity index (χ0n) is 13.4. The van der Waals surface area contributed by atoms with Crippen LogP contribution >= 0.6 is 0 Å². The van der Waals surface area contributed by atoms with Crippen molar-refractivity contribution in [2.45, 2.75) is 32.2 Å². The Bertz CT molecular complexity index is 577. The number of rotatable bonds is 3. The molecule has 0 radical (unpaired) electrons. The smallest absolute Gasteiger partial charge is 0.236 e. The first-order chi connectivity index (χ1) is 11.1. The molecular weight excluding hydrogens is 292 g/mol. The molecule has 1 aromatic heterocycles. The molecule has 23 heavy (non-hydrogen) atoms. The number of nitrogens with two attached hydrogens (primary N) is 1. The first kappa shape index (κ1) is 15.9. The third-order valence-electron chi connectivity index (χ3n) is 5.02. The third-order valence-corrected chi connectivity index (χ3v) is 5.02. The van der Waals surface area contributed by atoms with Gasteiger partial charge in [0.1, 0.15) is 0 Å². The van der Waals surface area contributed by atoms with Gasteiger partial charge in [0.15, 0.2) is 0 Å². The van der Waals surface area contributed by atoms with Crippen molar-refractivity contribution >= 4 is 11.8 Å². The van der Waals surface area contributed by atoms with Crippen LogP contribution in [-0.2, 0) is 16.1 Å². The van der Waals surface area contributed by atoms with Gasteiger partial charge < -0.3 is 15.5 Å². The maximum atomic E-state index is 12.3. The predicted molar refractivity (Wildman–Crippen MR) is 86.2 cm³/mol. The van der Waals surface area contributed by atoms with Gasteiger partial charge in [-0.2, -0.15) is 0 Å². The van der Waals surface area contributed by atoms with Crippen molar-refractivity contribution in [3.63, 3.8) is 0 Å². The van der Waals surface area contributed by atoms with E-state index in [4.69, 9.17) is 5.73 Å². The number of pyridine rings is 1. The summed E-state index contributed by atoms with van der Waals surface area (Å²) in [4.78, 5) is 32.3. The topological polar surface area (TPSA) is 79.5 Å². The Morgan fingerprint density at radius 2 is 2.17 bits per heavy atom. The molecule has 2 amide bonds. The largest absolute Gasteiger partial charge is 0.341 e. The second-order valence-corrected chi connectivity index (χ2v) is 6.69. The number of nitrogens with zero attached hydrogens (tertiary/aromatic N) is 3. The highest BCUT2D eigenvalue weighted by Crippen LogP contribution is 2.39. The normalized spacial score (nSPS) is 25.0. The van der Waals surface area contributed by atoms with Crippen LogP contribution in [0.1, 0.15) is 31.4 Å². The number of hydrogen-bond donors (Lipinski definition) is 1. The second-order valence-electron chi connectivity index (χ2n) is 6.69. The number of carbonyl (C=O) groups is 2. The molecule has 0 saturated carbocycles. The van der Waals surface area contributed by atoms with E-state index in [0.29, 0.717) is 19.5 Å². The highest BCUT2D eigenvalue weighted by atomic mass is 16.2. The van der Waals surface area contributed by atoms with E-state index in [1.807, 2.05) is 28.0 Å². The third kappa shape index (κ3) is 3.52. The molecule has 3 heterocycles. The summed E-state index contributed by atoms with van der Waals surface area (Å²) in [6.45, 7) is 2.82. The van der Waals surface area contributed by atoms with E-state index < -0.39 is 0 Å². The first-order valence-electron chi connectivity index (χ1n) is 8.27. The first-order valence-corrected chi connectivity index (χ1v) is 8.27. The van der Waals surface area contributed by atoms with Gasteiger partial charge in [-0.3, -0.25) is 14.6 Å². The monoisotopic (exact) mass is 316 g/mol. The fourth-order valence-electron chi connectivity index (χ4n) is 3.82. The molecule has 2 fully saturated rings. The summed E-state index contributed by atoms with van der Waals surface area (Å²) in [5, 5.41) is 0. The fourth-order valence-corrected chi connectivity index (χ4v) is 3.82. The van der Waals surface area contributed by atoms with Crippen molar-refractivity contribution in [1.82, 2.24) is 14.8 Å². The van der Waals surface area contributed by atoms with Crippen LogP contribution in [0.5, 0.6) is 0 Å². The van der Waals surface area contributed by atoms with Crippen LogP contribution in [0.4, 0.5) is 0 Å². The second kappa shape index (κ2) is 6.66. The Labute approximate surface area is 136 Å². The molecule has 2 aliphatic heterocycles. The highest BCUT2D eigenvalue weighted by Gasteiger charge is 2.42. The summed E-state index contributed by atoms with van der Waals surface area (Å²) in [7, 11) is 0. The van der Waals surface area contributed by atoms with Crippen LogP contribution in [0.3, 0.4) is 0 Å². The molecule has 1 aromatic rings. The van der Waals surface area contributed by atoms with Gasteiger partial charge >= 0.3 is 0 Å². The van der Waals surface area contributed by atoms with Crippen LogP contribution in [0, 0.1) is 5.41 Å². The summed E-state index contributed by atoms with van der Waals surface area (Å²) >= 11 is 0. The molecule has 1 atom stereocenters. The van der Waals surface area contributed by atoms with E-state index in [-0.39, 0.29) is 23.8 Å². The Kier molecular flexibility index (Phi) is 4.61. The van der Waals surface area contributed by atoms with Gasteiger partial charge in [-0.15, -0.1) is 0 Å². The van der Waals surface area contributed by atoms with Gasteiger partial charge in [0.2, 0.25) is 11.8 Å². The van der Waals surface area contributed by atoms with E-state index >= 15 is 0 Å². The summed E-state index contributed by atoms with van der Waals surface area (Å²) in [5.41, 5.74) is 6.43. The van der Waals surface area contributed by atoms with Gasteiger partial charge in [0.25, 0.3) is 0 Å². The Balaban J connectivity index is 1.71. The fraction of sp³-hybridized carbons (Fsp3) is 0.588. The molecule has 2 N–H and O–H groups in total. The van der Waals surface area contributed by atoms with Crippen molar-refractivity contribution in [2.75, 3.05) is 26.2 Å². The lowest BCUT2D eigenvalue weighted by Crippen LogP contribution is -2.55. The van der Waals surface area contributed by atoms with Gasteiger partial charge in [-0.1, -0.05) is 6.07 Å². The number of carbonyl (C=O) groups excluding carboxylic acids is 2. The van der Waals surface area contributed by atoms with Gasteiger partial charge in [0, 0.05) is 37.7 Å². The molecule has 2 saturated heterocycles. The van der Waals surface area contributed by atoms with Crippen molar-refractivity contribution in [3.05, 3.63) is 30.1 Å². The Hall–Kier alpha value is -1.95. The minimum atomic E-state index is 0.0113. The minimum absolute atomic E-state index is 0.0113. The van der Waals surface area contributed by atoms with Crippen LogP contribution in [0.15, 0.2) is 24.4 Å². The number of piperidine rings is 2. The van der Waals surface area contributed by atoms with E-state index in [1.165, 1.54) is 0 Å². The van der Waals surface area contributed by atoms with Gasteiger partial charge in [-0.05, 0) is 31.4 Å².